The van der Waals surface area contributed by atoms with Gasteiger partial charge in [-0.2, -0.15) is 0 Å². The summed E-state index contributed by atoms with van der Waals surface area (Å²) in [6.07, 6.45) is 3.28. The molecular formula is C12H16N4O2. The number of hydrogen-bond donors (Lipinski definition) is 1. The van der Waals surface area contributed by atoms with Crippen molar-refractivity contribution in [2.45, 2.75) is 39.4 Å². The van der Waals surface area contributed by atoms with E-state index >= 15 is 0 Å². The molecule has 0 aliphatic carbocycles. The number of rotatable bonds is 2. The van der Waals surface area contributed by atoms with Crippen LogP contribution in [0.3, 0.4) is 0 Å². The molecule has 2 heterocycles. The highest BCUT2D eigenvalue weighted by atomic mass is 16.2. The van der Waals surface area contributed by atoms with Crippen LogP contribution in [0.1, 0.15) is 25.2 Å². The molecule has 2 unspecified atom stereocenters. The van der Waals surface area contributed by atoms with Gasteiger partial charge in [0.05, 0.1) is 24.1 Å². The predicted molar refractivity (Wildman–Crippen MR) is 64.4 cm³/mol. The number of carbonyl (C=O) groups is 2. The Labute approximate surface area is 105 Å². The summed E-state index contributed by atoms with van der Waals surface area (Å²) in [4.78, 5) is 33.5. The lowest BCUT2D eigenvalue weighted by atomic mass is 10.1. The largest absolute Gasteiger partial charge is 0.343 e. The van der Waals surface area contributed by atoms with Gasteiger partial charge in [0.1, 0.15) is 12.1 Å². The summed E-state index contributed by atoms with van der Waals surface area (Å²) in [5.74, 6) is -0.230. The summed E-state index contributed by atoms with van der Waals surface area (Å²) in [6.45, 7) is 5.55. The van der Waals surface area contributed by atoms with Crippen LogP contribution in [0.2, 0.25) is 0 Å². The molecule has 6 nitrogen and oxygen atoms in total. The molecule has 0 saturated carbocycles. The van der Waals surface area contributed by atoms with Crippen LogP contribution in [0.5, 0.6) is 0 Å². The van der Waals surface area contributed by atoms with Crippen LogP contribution in [-0.4, -0.2) is 38.8 Å². The van der Waals surface area contributed by atoms with E-state index in [-0.39, 0.29) is 11.8 Å². The number of hydrogen-bond acceptors (Lipinski definition) is 4. The van der Waals surface area contributed by atoms with Crippen molar-refractivity contribution in [3.63, 3.8) is 0 Å². The van der Waals surface area contributed by atoms with Gasteiger partial charge in [-0.25, -0.2) is 0 Å². The summed E-state index contributed by atoms with van der Waals surface area (Å²) in [6, 6.07) is -0.955. The molecule has 1 fully saturated rings. The molecule has 1 aliphatic heterocycles. The van der Waals surface area contributed by atoms with Crippen molar-refractivity contribution in [2.24, 2.45) is 0 Å². The molecule has 96 valence electrons. The van der Waals surface area contributed by atoms with Gasteiger partial charge in [0.25, 0.3) is 0 Å². The lowest BCUT2D eigenvalue weighted by Gasteiger charge is -2.35. The fraction of sp³-hybridized carbons (Fsp3) is 0.500. The van der Waals surface area contributed by atoms with Gasteiger partial charge in [0.15, 0.2) is 0 Å². The van der Waals surface area contributed by atoms with E-state index in [1.54, 1.807) is 26.2 Å². The van der Waals surface area contributed by atoms with Crippen LogP contribution < -0.4 is 5.32 Å². The van der Waals surface area contributed by atoms with E-state index in [0.29, 0.717) is 12.2 Å². The van der Waals surface area contributed by atoms with Crippen molar-refractivity contribution in [1.29, 1.82) is 0 Å². The van der Waals surface area contributed by atoms with Gasteiger partial charge in [-0.15, -0.1) is 0 Å². The minimum Gasteiger partial charge on any atom is -0.343 e. The van der Waals surface area contributed by atoms with E-state index in [4.69, 9.17) is 0 Å². The third kappa shape index (κ3) is 2.32. The number of aromatic nitrogens is 2. The Bertz CT molecular complexity index is 471. The van der Waals surface area contributed by atoms with E-state index < -0.39 is 12.1 Å². The van der Waals surface area contributed by atoms with Crippen LogP contribution in [0.4, 0.5) is 0 Å². The van der Waals surface area contributed by atoms with Crippen LogP contribution in [0, 0.1) is 6.92 Å². The van der Waals surface area contributed by atoms with E-state index in [2.05, 4.69) is 15.3 Å². The Balaban J connectivity index is 2.17. The minimum atomic E-state index is -0.480. The Kier molecular flexibility index (Phi) is 3.27. The average molecular weight is 248 g/mol. The molecule has 2 amide bonds. The molecule has 0 radical (unpaired) electrons. The first-order valence-electron chi connectivity index (χ1n) is 5.87. The highest BCUT2D eigenvalue weighted by Gasteiger charge is 2.35. The number of amides is 2. The number of aryl methyl sites for hydroxylation is 1. The van der Waals surface area contributed by atoms with Crippen LogP contribution >= 0.6 is 0 Å². The second kappa shape index (κ2) is 4.72. The summed E-state index contributed by atoms with van der Waals surface area (Å²) in [5.41, 5.74) is 1.51. The maximum atomic E-state index is 12.0. The number of carbonyl (C=O) groups excluding carboxylic acids is 2. The van der Waals surface area contributed by atoms with Gasteiger partial charge in [-0.3, -0.25) is 19.6 Å². The molecular weight excluding hydrogens is 232 g/mol. The number of piperazine rings is 1. The molecule has 1 aliphatic rings. The Morgan fingerprint density at radius 1 is 1.28 bits per heavy atom. The van der Waals surface area contributed by atoms with Gasteiger partial charge in [-0.05, 0) is 20.8 Å². The zero-order valence-corrected chi connectivity index (χ0v) is 10.7. The fourth-order valence-corrected chi connectivity index (χ4v) is 1.87. The molecule has 0 bridgehead atoms. The normalized spacial score (nSPS) is 24.1. The smallest absolute Gasteiger partial charge is 0.245 e. The zero-order chi connectivity index (χ0) is 13.3. The van der Waals surface area contributed by atoms with Crippen molar-refractivity contribution in [1.82, 2.24) is 20.2 Å². The van der Waals surface area contributed by atoms with Gasteiger partial charge >= 0.3 is 0 Å². The monoisotopic (exact) mass is 248 g/mol. The van der Waals surface area contributed by atoms with E-state index in [0.717, 1.165) is 5.69 Å². The van der Waals surface area contributed by atoms with Gasteiger partial charge in [0, 0.05) is 6.20 Å². The zero-order valence-electron chi connectivity index (χ0n) is 10.7. The molecule has 2 rings (SSSR count). The topological polar surface area (TPSA) is 75.2 Å². The van der Waals surface area contributed by atoms with Gasteiger partial charge < -0.3 is 10.2 Å². The highest BCUT2D eigenvalue weighted by molar-refractivity contribution is 5.96. The third-order valence-corrected chi connectivity index (χ3v) is 3.03. The highest BCUT2D eigenvalue weighted by Crippen LogP contribution is 2.13. The lowest BCUT2D eigenvalue weighted by Crippen LogP contribution is -2.61. The predicted octanol–water partition coefficient (Wildman–Crippen LogP) is 0.0204. The molecule has 18 heavy (non-hydrogen) atoms. The van der Waals surface area contributed by atoms with Gasteiger partial charge in [-0.1, -0.05) is 0 Å². The Morgan fingerprint density at radius 3 is 2.61 bits per heavy atom. The van der Waals surface area contributed by atoms with E-state index in [9.17, 15) is 9.59 Å². The fourth-order valence-electron chi connectivity index (χ4n) is 1.87. The van der Waals surface area contributed by atoms with Crippen molar-refractivity contribution >= 4 is 11.8 Å². The number of nitrogens with zero attached hydrogens (tertiary/aromatic N) is 3. The first-order chi connectivity index (χ1) is 8.49. The van der Waals surface area contributed by atoms with Crippen molar-refractivity contribution in [2.75, 3.05) is 0 Å². The second-order valence-corrected chi connectivity index (χ2v) is 4.52. The molecule has 0 spiro atoms. The molecule has 1 aromatic rings. The average Bonchev–Trinajstić information content (AvgIpc) is 2.34. The van der Waals surface area contributed by atoms with Crippen LogP contribution in [0.15, 0.2) is 12.4 Å². The van der Waals surface area contributed by atoms with E-state index in [1.165, 1.54) is 4.90 Å². The molecule has 1 N–H and O–H groups in total. The third-order valence-electron chi connectivity index (χ3n) is 3.03. The van der Waals surface area contributed by atoms with Crippen LogP contribution in [-0.2, 0) is 16.1 Å². The van der Waals surface area contributed by atoms with Crippen molar-refractivity contribution in [3.8, 4) is 0 Å². The summed E-state index contributed by atoms with van der Waals surface area (Å²) >= 11 is 0. The summed E-state index contributed by atoms with van der Waals surface area (Å²) < 4.78 is 0. The Morgan fingerprint density at radius 2 is 2.00 bits per heavy atom. The SMILES string of the molecule is Cc1cnc(CN2C(=O)C(C)NC(=O)C2C)cn1. The minimum absolute atomic E-state index is 0.0931. The summed E-state index contributed by atoms with van der Waals surface area (Å²) in [5, 5.41) is 2.64. The molecule has 1 saturated heterocycles. The first kappa shape index (κ1) is 12.5. The van der Waals surface area contributed by atoms with Crippen molar-refractivity contribution in [3.05, 3.63) is 23.8 Å². The number of nitrogens with one attached hydrogen (secondary N) is 1. The second-order valence-electron chi connectivity index (χ2n) is 4.52. The van der Waals surface area contributed by atoms with Gasteiger partial charge in [0.2, 0.25) is 11.8 Å². The lowest BCUT2D eigenvalue weighted by molar-refractivity contribution is -0.148. The standard InChI is InChI=1S/C12H16N4O2/c1-7-4-14-10(5-13-7)6-16-9(3)11(17)15-8(2)12(16)18/h4-5,8-9H,6H2,1-3H3,(H,15,17). The first-order valence-corrected chi connectivity index (χ1v) is 5.87. The molecule has 2 atom stereocenters. The quantitative estimate of drug-likeness (QED) is 0.800. The molecule has 0 aromatic carbocycles. The van der Waals surface area contributed by atoms with E-state index in [1.807, 2.05) is 6.92 Å². The Hall–Kier alpha value is -1.98. The summed E-state index contributed by atoms with van der Waals surface area (Å²) in [7, 11) is 0. The molecule has 1 aromatic heterocycles. The van der Waals surface area contributed by atoms with Crippen LogP contribution in [0.25, 0.3) is 0 Å². The molecule has 6 heteroatoms. The maximum Gasteiger partial charge on any atom is 0.245 e. The van der Waals surface area contributed by atoms with Crippen molar-refractivity contribution < 1.29 is 9.59 Å². The maximum absolute atomic E-state index is 12.0.